The largest absolute Gasteiger partial charge is 0.278 e. The van der Waals surface area contributed by atoms with Crippen molar-refractivity contribution in [2.45, 2.75) is 0 Å². The second-order valence-electron chi connectivity index (χ2n) is 5.12. The monoisotopic (exact) mass is 406 g/mol. The Hall–Kier alpha value is -2.48. The Balaban J connectivity index is 2.12. The standard InChI is InChI=1S/C17H12Cl2N4O2S/c1-20-17-22(21-9-11-4-2-3-5-15(11)23(24)25)16(10-26-17)13-7-6-12(18)8-14(13)19/h2-10H,1H3/b20-17?,21-9-. The number of hydrogen-bond donors (Lipinski definition) is 0. The van der Waals surface area contributed by atoms with Gasteiger partial charge in [0.15, 0.2) is 0 Å². The topological polar surface area (TPSA) is 72.8 Å². The van der Waals surface area contributed by atoms with E-state index in [-0.39, 0.29) is 5.69 Å². The number of benzene rings is 2. The Labute approximate surface area is 162 Å². The van der Waals surface area contributed by atoms with E-state index in [4.69, 9.17) is 23.2 Å². The summed E-state index contributed by atoms with van der Waals surface area (Å²) in [6.07, 6.45) is 1.44. The van der Waals surface area contributed by atoms with Gasteiger partial charge in [0.1, 0.15) is 0 Å². The molecule has 0 aliphatic carbocycles. The molecular formula is C17H12Cl2N4O2S. The van der Waals surface area contributed by atoms with E-state index in [1.165, 1.54) is 23.6 Å². The summed E-state index contributed by atoms with van der Waals surface area (Å²) in [5.74, 6) is 0. The van der Waals surface area contributed by atoms with E-state index in [0.717, 1.165) is 5.56 Å². The Kier molecular flexibility index (Phi) is 5.51. The second-order valence-corrected chi connectivity index (χ2v) is 6.80. The third-order valence-electron chi connectivity index (χ3n) is 3.53. The molecule has 0 aliphatic heterocycles. The molecule has 0 fully saturated rings. The van der Waals surface area contributed by atoms with Crippen LogP contribution in [0.5, 0.6) is 0 Å². The Morgan fingerprint density at radius 2 is 2.00 bits per heavy atom. The summed E-state index contributed by atoms with van der Waals surface area (Å²) in [6.45, 7) is 0. The van der Waals surface area contributed by atoms with Gasteiger partial charge in [0.2, 0.25) is 4.80 Å². The summed E-state index contributed by atoms with van der Waals surface area (Å²) < 4.78 is 1.59. The van der Waals surface area contributed by atoms with Crippen LogP contribution < -0.4 is 4.80 Å². The van der Waals surface area contributed by atoms with Crippen LogP contribution in [0.4, 0.5) is 5.69 Å². The maximum absolute atomic E-state index is 11.2. The van der Waals surface area contributed by atoms with Gasteiger partial charge in [0.25, 0.3) is 5.69 Å². The fourth-order valence-corrected chi connectivity index (χ4v) is 3.63. The van der Waals surface area contributed by atoms with Gasteiger partial charge in [0.05, 0.1) is 27.4 Å². The predicted octanol–water partition coefficient (Wildman–Crippen LogP) is 4.84. The highest BCUT2D eigenvalue weighted by Gasteiger charge is 2.13. The molecule has 0 amide bonds. The lowest BCUT2D eigenvalue weighted by Gasteiger charge is -2.06. The van der Waals surface area contributed by atoms with Gasteiger partial charge in [-0.15, -0.1) is 11.3 Å². The van der Waals surface area contributed by atoms with Gasteiger partial charge in [-0.05, 0) is 24.3 Å². The molecule has 0 atom stereocenters. The number of nitrogens with zero attached hydrogens (tertiary/aromatic N) is 4. The first-order chi connectivity index (χ1) is 12.5. The fourth-order valence-electron chi connectivity index (χ4n) is 2.33. The molecular weight excluding hydrogens is 395 g/mol. The predicted molar refractivity (Wildman–Crippen MR) is 105 cm³/mol. The summed E-state index contributed by atoms with van der Waals surface area (Å²) in [5, 5.41) is 18.4. The number of nitro benzene ring substituents is 1. The van der Waals surface area contributed by atoms with Crippen LogP contribution in [0.15, 0.2) is 57.9 Å². The molecule has 0 aliphatic rings. The van der Waals surface area contributed by atoms with Crippen molar-refractivity contribution in [1.29, 1.82) is 0 Å². The molecule has 0 radical (unpaired) electrons. The van der Waals surface area contributed by atoms with Crippen LogP contribution in [0.2, 0.25) is 10.0 Å². The summed E-state index contributed by atoms with van der Waals surface area (Å²) in [7, 11) is 1.65. The lowest BCUT2D eigenvalue weighted by atomic mass is 10.2. The van der Waals surface area contributed by atoms with Crippen molar-refractivity contribution in [1.82, 2.24) is 4.68 Å². The van der Waals surface area contributed by atoms with E-state index >= 15 is 0 Å². The normalized spacial score (nSPS) is 12.0. The van der Waals surface area contributed by atoms with Crippen molar-refractivity contribution in [3.63, 3.8) is 0 Å². The second kappa shape index (κ2) is 7.82. The molecule has 0 unspecified atom stereocenters. The number of para-hydroxylation sites is 1. The number of thiazole rings is 1. The summed E-state index contributed by atoms with van der Waals surface area (Å²) in [5.41, 5.74) is 1.83. The van der Waals surface area contributed by atoms with Gasteiger partial charge >= 0.3 is 0 Å². The molecule has 3 rings (SSSR count). The summed E-state index contributed by atoms with van der Waals surface area (Å²) in [6, 6.07) is 11.6. The minimum Gasteiger partial charge on any atom is -0.261 e. The van der Waals surface area contributed by atoms with Crippen LogP contribution >= 0.6 is 34.5 Å². The van der Waals surface area contributed by atoms with Crippen LogP contribution in [-0.4, -0.2) is 22.9 Å². The van der Waals surface area contributed by atoms with E-state index in [1.807, 2.05) is 5.38 Å². The van der Waals surface area contributed by atoms with E-state index in [1.54, 1.807) is 48.1 Å². The van der Waals surface area contributed by atoms with E-state index in [9.17, 15) is 10.1 Å². The van der Waals surface area contributed by atoms with Gasteiger partial charge in [-0.3, -0.25) is 15.1 Å². The summed E-state index contributed by atoms with van der Waals surface area (Å²) in [4.78, 5) is 15.5. The Bertz CT molecular complexity index is 1070. The van der Waals surface area contributed by atoms with Gasteiger partial charge in [-0.25, -0.2) is 4.68 Å². The molecule has 0 bridgehead atoms. The summed E-state index contributed by atoms with van der Waals surface area (Å²) >= 11 is 13.7. The molecule has 0 saturated carbocycles. The van der Waals surface area contributed by atoms with Crippen LogP contribution in [-0.2, 0) is 0 Å². The molecule has 26 heavy (non-hydrogen) atoms. The van der Waals surface area contributed by atoms with Crippen LogP contribution in [0.3, 0.4) is 0 Å². The average molecular weight is 407 g/mol. The quantitative estimate of drug-likeness (QED) is 0.353. The zero-order chi connectivity index (χ0) is 18.7. The molecule has 1 aromatic heterocycles. The molecule has 9 heteroatoms. The van der Waals surface area contributed by atoms with Crippen LogP contribution in [0, 0.1) is 10.1 Å². The van der Waals surface area contributed by atoms with Crippen LogP contribution in [0.25, 0.3) is 11.3 Å². The van der Waals surface area contributed by atoms with Crippen molar-refractivity contribution in [2.24, 2.45) is 10.1 Å². The smallest absolute Gasteiger partial charge is 0.261 e. The molecule has 0 saturated heterocycles. The van der Waals surface area contributed by atoms with E-state index < -0.39 is 4.92 Å². The van der Waals surface area contributed by atoms with Gasteiger partial charge in [-0.1, -0.05) is 35.3 Å². The number of nitro groups is 1. The van der Waals surface area contributed by atoms with Crippen molar-refractivity contribution in [2.75, 3.05) is 7.05 Å². The number of aromatic nitrogens is 1. The minimum absolute atomic E-state index is 0.0202. The fraction of sp³-hybridized carbons (Fsp3) is 0.0588. The molecule has 0 N–H and O–H groups in total. The number of halogens is 2. The lowest BCUT2D eigenvalue weighted by Crippen LogP contribution is -2.11. The number of hydrogen-bond acceptors (Lipinski definition) is 5. The average Bonchev–Trinajstić information content (AvgIpc) is 3.02. The van der Waals surface area contributed by atoms with Crippen molar-refractivity contribution in [3.8, 4) is 11.3 Å². The first kappa shape index (κ1) is 18.3. The highest BCUT2D eigenvalue weighted by atomic mass is 35.5. The third-order valence-corrected chi connectivity index (χ3v) is 4.98. The maximum Gasteiger partial charge on any atom is 0.278 e. The Morgan fingerprint density at radius 3 is 2.69 bits per heavy atom. The van der Waals surface area contributed by atoms with Gasteiger partial charge in [-0.2, -0.15) is 5.10 Å². The third kappa shape index (κ3) is 3.70. The highest BCUT2D eigenvalue weighted by molar-refractivity contribution is 7.07. The molecule has 2 aromatic carbocycles. The zero-order valence-electron chi connectivity index (χ0n) is 13.5. The first-order valence-electron chi connectivity index (χ1n) is 7.38. The number of rotatable bonds is 4. The molecule has 6 nitrogen and oxygen atoms in total. The van der Waals surface area contributed by atoms with Gasteiger partial charge < -0.3 is 0 Å². The minimum atomic E-state index is -0.443. The highest BCUT2D eigenvalue weighted by Crippen LogP contribution is 2.30. The lowest BCUT2D eigenvalue weighted by molar-refractivity contribution is -0.385. The van der Waals surface area contributed by atoms with Crippen molar-refractivity contribution >= 4 is 46.4 Å². The zero-order valence-corrected chi connectivity index (χ0v) is 15.8. The van der Waals surface area contributed by atoms with Crippen molar-refractivity contribution in [3.05, 3.63) is 78.4 Å². The Morgan fingerprint density at radius 1 is 1.23 bits per heavy atom. The first-order valence-corrected chi connectivity index (χ1v) is 9.01. The molecule has 3 aromatic rings. The van der Waals surface area contributed by atoms with Crippen LogP contribution in [0.1, 0.15) is 5.56 Å². The van der Waals surface area contributed by atoms with E-state index in [0.29, 0.717) is 26.1 Å². The van der Waals surface area contributed by atoms with E-state index in [2.05, 4.69) is 10.1 Å². The molecule has 0 spiro atoms. The van der Waals surface area contributed by atoms with Crippen molar-refractivity contribution < 1.29 is 4.92 Å². The maximum atomic E-state index is 11.2. The molecule has 132 valence electrons. The van der Waals surface area contributed by atoms with Gasteiger partial charge in [0, 0.05) is 29.1 Å². The SMILES string of the molecule is CN=c1scc(-c2ccc(Cl)cc2Cl)n1/N=C\c1ccccc1[N+](=O)[O-]. The molecule has 1 heterocycles.